The van der Waals surface area contributed by atoms with E-state index in [1.807, 2.05) is 16.8 Å². The molecule has 1 aliphatic carbocycles. The topological polar surface area (TPSA) is 147 Å². The number of amides is 2. The fraction of sp³-hybridized carbons (Fsp3) is 0.981. The van der Waals surface area contributed by atoms with E-state index in [4.69, 9.17) is 9.47 Å². The van der Waals surface area contributed by atoms with Gasteiger partial charge >= 0.3 is 0 Å². The molecule has 1 spiro atoms. The lowest BCUT2D eigenvalue weighted by molar-refractivity contribution is -0.189. The summed E-state index contributed by atoms with van der Waals surface area (Å²) < 4.78 is 10.5. The SMILES string of the molecule is CC(=O)N1CCN(CCC(C)C)CC1.CC(=O)N1CCN(CCC(C)C)CC1.CC(C)CCC1CCC(O)CC1.CC(C)CCN(C)C.CC(C)CCN1CC2(COC2)C1.CC(C)CCN1CCC(N(C)C)CC1.CC(C)CCN1CCC(O)CC1.CC(C)CCN1CCN(C)CC1.CC(C)CCN1CCOCC1.CCN(CC)CCC(C)C.CNCCC(C)C. The van der Waals surface area contributed by atoms with Gasteiger partial charge in [-0.25, -0.2) is 0 Å². The molecule has 126 heavy (non-hydrogen) atoms. The number of piperidine rings is 2. The summed E-state index contributed by atoms with van der Waals surface area (Å²) >= 11 is 0. The van der Waals surface area contributed by atoms with Gasteiger partial charge in [-0.05, 0) is 321 Å². The molecule has 2 amide bonds. The van der Waals surface area contributed by atoms with Gasteiger partial charge in [-0.3, -0.25) is 24.3 Å². The lowest BCUT2D eigenvalue weighted by atomic mass is 9.78. The third-order valence-electron chi connectivity index (χ3n) is 26.3. The number of carbonyl (C=O) groups is 2. The Morgan fingerprint density at radius 3 is 0.944 bits per heavy atom. The monoisotopic (exact) mass is 1790 g/mol. The molecule has 0 atom stereocenters. The number of aliphatic hydroxyl groups excluding tert-OH is 2. The highest BCUT2D eigenvalue weighted by Gasteiger charge is 2.48. The molecule has 0 aromatic heterocycles. The smallest absolute Gasteiger partial charge is 0.219 e. The molecule has 1 saturated carbocycles. The van der Waals surface area contributed by atoms with Gasteiger partial charge in [-0.15, -0.1) is 0 Å². The predicted molar refractivity (Wildman–Crippen MR) is 550 cm³/mol. The molecule has 9 aliphatic rings. The van der Waals surface area contributed by atoms with Crippen molar-refractivity contribution in [1.82, 2.24) is 69.0 Å². The van der Waals surface area contributed by atoms with Crippen molar-refractivity contribution in [3.05, 3.63) is 0 Å². The number of hydrogen-bond donors (Lipinski definition) is 3. The van der Waals surface area contributed by atoms with E-state index in [2.05, 4.69) is 261 Å². The van der Waals surface area contributed by atoms with Crippen LogP contribution in [-0.4, -0.2) is 382 Å². The van der Waals surface area contributed by atoms with Crippen molar-refractivity contribution in [2.24, 2.45) is 76.4 Å². The minimum absolute atomic E-state index is 0.0142. The van der Waals surface area contributed by atoms with Crippen LogP contribution in [0.15, 0.2) is 0 Å². The van der Waals surface area contributed by atoms with E-state index in [0.717, 1.165) is 214 Å². The summed E-state index contributed by atoms with van der Waals surface area (Å²) in [6.45, 7) is 98.9. The van der Waals surface area contributed by atoms with Crippen LogP contribution in [0.4, 0.5) is 0 Å². The number of morpholine rings is 1. The third kappa shape index (κ3) is 75.6. The third-order valence-corrected chi connectivity index (χ3v) is 26.3. The first-order valence-electron chi connectivity index (χ1n) is 52.9. The maximum Gasteiger partial charge on any atom is 0.219 e. The fourth-order valence-electron chi connectivity index (χ4n) is 15.9. The highest BCUT2D eigenvalue weighted by Crippen LogP contribution is 2.37. The maximum atomic E-state index is 11.1. The van der Waals surface area contributed by atoms with E-state index < -0.39 is 0 Å². The van der Waals surface area contributed by atoms with Gasteiger partial charge in [0, 0.05) is 143 Å². The minimum atomic E-state index is -0.0275. The Balaban J connectivity index is 0. The zero-order valence-electron chi connectivity index (χ0n) is 90.6. The number of hydrogen-bond acceptors (Lipinski definition) is 18. The molecule has 20 heteroatoms. The van der Waals surface area contributed by atoms with Crippen LogP contribution in [0.2, 0.25) is 0 Å². The Morgan fingerprint density at radius 1 is 0.365 bits per heavy atom. The lowest BCUT2D eigenvalue weighted by Crippen LogP contribution is -2.65. The molecule has 9 fully saturated rings. The molecule has 3 N–H and O–H groups in total. The first-order chi connectivity index (χ1) is 59.4. The molecule has 8 aliphatic heterocycles. The van der Waals surface area contributed by atoms with Crippen molar-refractivity contribution < 1.29 is 29.3 Å². The van der Waals surface area contributed by atoms with Gasteiger partial charge in [0.2, 0.25) is 11.8 Å². The molecule has 756 valence electrons. The maximum absolute atomic E-state index is 11.1. The van der Waals surface area contributed by atoms with Gasteiger partial charge in [-0.2, -0.15) is 0 Å². The quantitative estimate of drug-likeness (QED) is 0.0546. The second-order valence-corrected chi connectivity index (χ2v) is 44.5. The van der Waals surface area contributed by atoms with Crippen LogP contribution in [0.1, 0.15) is 308 Å². The first-order valence-corrected chi connectivity index (χ1v) is 52.9. The second-order valence-electron chi connectivity index (χ2n) is 44.5. The summed E-state index contributed by atoms with van der Waals surface area (Å²) in [6.07, 6.45) is 25.1. The summed E-state index contributed by atoms with van der Waals surface area (Å²) in [7, 11) is 12.8. The summed E-state index contributed by atoms with van der Waals surface area (Å²) in [5, 5.41) is 21.7. The Morgan fingerprint density at radius 2 is 0.667 bits per heavy atom. The van der Waals surface area contributed by atoms with Gasteiger partial charge in [0.25, 0.3) is 0 Å². The molecule has 0 aromatic rings. The number of rotatable bonds is 36. The molecule has 0 radical (unpaired) electrons. The van der Waals surface area contributed by atoms with E-state index in [1.165, 1.54) is 227 Å². The minimum Gasteiger partial charge on any atom is -0.393 e. The highest BCUT2D eigenvalue weighted by molar-refractivity contribution is 5.73. The van der Waals surface area contributed by atoms with Crippen LogP contribution in [-0.2, 0) is 19.1 Å². The zero-order valence-corrected chi connectivity index (χ0v) is 90.6. The molecule has 8 saturated heterocycles. The van der Waals surface area contributed by atoms with Crippen LogP contribution in [0.5, 0.6) is 0 Å². The van der Waals surface area contributed by atoms with Gasteiger partial charge in [0.15, 0.2) is 0 Å². The average molecular weight is 1790 g/mol. The number of nitrogens with zero attached hydrogens (tertiary/aromatic N) is 13. The largest absolute Gasteiger partial charge is 0.393 e. The van der Waals surface area contributed by atoms with Crippen LogP contribution >= 0.6 is 0 Å². The molecule has 9 rings (SSSR count). The van der Waals surface area contributed by atoms with Gasteiger partial charge in [0.05, 0.1) is 38.6 Å². The number of aliphatic hydroxyl groups is 2. The highest BCUT2D eigenvalue weighted by atomic mass is 16.5. The Kier molecular flexibility index (Phi) is 78.7. The summed E-state index contributed by atoms with van der Waals surface area (Å²) in [4.78, 5) is 53.1. The Hall–Kier alpha value is -1.70. The normalized spacial score (nSPS) is 20.3. The van der Waals surface area contributed by atoms with Crippen molar-refractivity contribution >= 4 is 11.8 Å². The van der Waals surface area contributed by atoms with Gasteiger partial charge in [-0.1, -0.05) is 179 Å². The second kappa shape index (κ2) is 78.5. The summed E-state index contributed by atoms with van der Waals surface area (Å²) in [5.74, 6) is 10.5. The van der Waals surface area contributed by atoms with Gasteiger partial charge in [0.1, 0.15) is 0 Å². The van der Waals surface area contributed by atoms with E-state index in [1.54, 1.807) is 13.8 Å². The van der Waals surface area contributed by atoms with E-state index >= 15 is 0 Å². The van der Waals surface area contributed by atoms with E-state index in [9.17, 15) is 19.8 Å². The van der Waals surface area contributed by atoms with Crippen LogP contribution in [0.25, 0.3) is 0 Å². The standard InChI is InChI=1S/C12H26N2.2C11H22N2O.C11H22O.C10H22N2.C10H19NO.C10H21NO.C9H19NO.C9H21N.C7H17N.C6H15N/c1-11(2)5-8-14-9-6-12(7-10-14)13(3)4;2*1-10(2)4-5-12-6-8-13(9-7-12)11(3)14;1-9(2)3-4-10-5-7-11(12)8-6-10;1-10(2)4-5-12-8-6-11(3)7-9-12;1-9(2)3-4-11-5-10(6-11)7-12-8-10;1-9(2)3-6-11-7-4-10(12)5-8-11;1-9(2)3-4-10-5-7-11-8-6-10;1-5-10(6-2)8-7-9(3)4;1-7(2)5-6-8(3)4;1-6(2)4-5-7-3/h11-12H,5-10H2,1-4H3;2*10H,4-9H2,1-3H3;9-12H,3-8H2,1-2H3;10H,4-9H2,1-3H3;9H,3-8H2,1-2H3;9-10,12H,3-8H2,1-2H3;9H,3-8H2,1-2H3;9H,5-8H2,1-4H3;7H,5-6H2,1-4H3;6-7H,4-5H2,1-3H3. The van der Waals surface area contributed by atoms with Gasteiger partial charge < -0.3 is 74.0 Å². The molecule has 0 unspecified atom stereocenters. The van der Waals surface area contributed by atoms with Crippen molar-refractivity contribution in [2.75, 3.05) is 278 Å². The lowest BCUT2D eigenvalue weighted by Gasteiger charge is -2.55. The average Bonchev–Trinajstić information content (AvgIpc) is 0.763. The first kappa shape index (κ1) is 126. The molecule has 8 heterocycles. The van der Waals surface area contributed by atoms with Crippen molar-refractivity contribution in [3.63, 3.8) is 0 Å². The van der Waals surface area contributed by atoms with E-state index in [-0.39, 0.29) is 24.0 Å². The number of nitrogens with one attached hydrogen (secondary N) is 1. The number of likely N-dealkylation sites (tertiary alicyclic amines) is 3. The number of likely N-dealkylation sites (N-methyl/N-ethyl adjacent to an activating group) is 1. The van der Waals surface area contributed by atoms with Crippen molar-refractivity contribution in [3.8, 4) is 0 Å². The molecular weight excluding hydrogens is 1570 g/mol. The molecular formula is C106H226N14O6. The van der Waals surface area contributed by atoms with Crippen LogP contribution in [0, 0.1) is 76.4 Å². The zero-order chi connectivity index (χ0) is 95.5. The number of piperazine rings is 3. The Bertz CT molecular complexity index is 2230. The Labute approximate surface area is 787 Å². The molecule has 20 nitrogen and oxygen atoms in total. The molecule has 0 aromatic carbocycles. The van der Waals surface area contributed by atoms with Crippen molar-refractivity contribution in [1.29, 1.82) is 0 Å². The number of carbonyl (C=O) groups excluding carboxylic acids is 2. The van der Waals surface area contributed by atoms with Crippen LogP contribution in [0.3, 0.4) is 0 Å². The molecule has 0 bridgehead atoms. The fourth-order valence-corrected chi connectivity index (χ4v) is 15.9. The van der Waals surface area contributed by atoms with E-state index in [0.29, 0.717) is 5.41 Å². The van der Waals surface area contributed by atoms with Crippen LogP contribution < -0.4 is 5.32 Å². The predicted octanol–water partition coefficient (Wildman–Crippen LogP) is 18.1. The number of ether oxygens (including phenoxy) is 2. The summed E-state index contributed by atoms with van der Waals surface area (Å²) in [5.41, 5.74) is 0.608. The summed E-state index contributed by atoms with van der Waals surface area (Å²) in [6, 6.07) is 0.824. The van der Waals surface area contributed by atoms with Crippen molar-refractivity contribution in [2.45, 2.75) is 327 Å².